The molecule has 1 atom stereocenters. The third-order valence-corrected chi connectivity index (χ3v) is 9.62. The van der Waals surface area contributed by atoms with Crippen LogP contribution in [-0.2, 0) is 6.42 Å². The number of aromatic hydroxyl groups is 2. The molecule has 0 saturated carbocycles. The predicted octanol–water partition coefficient (Wildman–Crippen LogP) is 14.3. The molecule has 0 aliphatic rings. The van der Waals surface area contributed by atoms with E-state index in [-0.39, 0.29) is 11.5 Å². The Morgan fingerprint density at radius 2 is 1.02 bits per heavy atom. The average molecular weight is 641 g/mol. The summed E-state index contributed by atoms with van der Waals surface area (Å²) < 4.78 is 0. The van der Waals surface area contributed by atoms with Crippen LogP contribution in [-0.4, -0.2) is 10.2 Å². The van der Waals surface area contributed by atoms with Gasteiger partial charge in [0.15, 0.2) is 0 Å². The summed E-state index contributed by atoms with van der Waals surface area (Å²) in [4.78, 5) is 0. The number of allylic oxidation sites excluding steroid dienone is 10. The summed E-state index contributed by atoms with van der Waals surface area (Å²) in [5.41, 5.74) is 8.12. The monoisotopic (exact) mass is 641 g/mol. The quantitative estimate of drug-likeness (QED) is 0.0993. The highest BCUT2D eigenvalue weighted by molar-refractivity contribution is 5.94. The van der Waals surface area contributed by atoms with Crippen molar-refractivity contribution < 1.29 is 10.2 Å². The summed E-state index contributed by atoms with van der Waals surface area (Å²) in [6.07, 6.45) is 29.6. The topological polar surface area (TPSA) is 40.5 Å². The lowest BCUT2D eigenvalue weighted by atomic mass is 9.94. The molecule has 2 aromatic rings. The van der Waals surface area contributed by atoms with E-state index in [2.05, 4.69) is 85.8 Å². The van der Waals surface area contributed by atoms with E-state index in [4.69, 9.17) is 0 Å². The molecular weight excluding hydrogens is 572 g/mol. The number of hydrogen-bond acceptors (Lipinski definition) is 2. The number of benzene rings is 2. The molecule has 260 valence electrons. The zero-order valence-corrected chi connectivity index (χ0v) is 31.4. The number of phenols is 2. The Labute approximate surface area is 289 Å². The summed E-state index contributed by atoms with van der Waals surface area (Å²) in [7, 11) is 0. The number of fused-ring (bicyclic) bond motifs is 1. The molecule has 2 rings (SSSR count). The van der Waals surface area contributed by atoms with E-state index in [1.54, 1.807) is 11.6 Å². The Morgan fingerprint density at radius 3 is 1.53 bits per heavy atom. The second-order valence-electron chi connectivity index (χ2n) is 14.9. The summed E-state index contributed by atoms with van der Waals surface area (Å²) in [5, 5.41) is 22.4. The molecule has 2 aromatic carbocycles. The third kappa shape index (κ3) is 17.1. The van der Waals surface area contributed by atoms with Crippen LogP contribution in [0.3, 0.4) is 0 Å². The van der Waals surface area contributed by atoms with Gasteiger partial charge in [0.2, 0.25) is 0 Å². The van der Waals surface area contributed by atoms with E-state index in [0.717, 1.165) is 55.9 Å². The molecule has 2 heteroatoms. The maximum atomic E-state index is 10.7. The fourth-order valence-electron chi connectivity index (χ4n) is 6.28. The van der Waals surface area contributed by atoms with Crippen molar-refractivity contribution in [3.8, 4) is 11.5 Å². The largest absolute Gasteiger partial charge is 0.507 e. The van der Waals surface area contributed by atoms with E-state index in [0.29, 0.717) is 17.2 Å². The van der Waals surface area contributed by atoms with E-state index in [9.17, 15) is 10.2 Å². The first-order valence-electron chi connectivity index (χ1n) is 18.7. The second kappa shape index (κ2) is 22.5. The smallest absolute Gasteiger partial charge is 0.127 e. The molecule has 0 aliphatic carbocycles. The summed E-state index contributed by atoms with van der Waals surface area (Å²) >= 11 is 0. The van der Waals surface area contributed by atoms with Crippen molar-refractivity contribution in [2.24, 2.45) is 11.8 Å². The summed E-state index contributed by atoms with van der Waals surface area (Å²) in [6.45, 7) is 18.4. The molecule has 2 N–H and O–H groups in total. The number of rotatable bonds is 22. The summed E-state index contributed by atoms with van der Waals surface area (Å²) in [6, 6.07) is 9.14. The molecular formula is C45H68O2. The van der Waals surface area contributed by atoms with Gasteiger partial charge in [-0.25, -0.2) is 0 Å². The second-order valence-corrected chi connectivity index (χ2v) is 14.9. The molecule has 0 saturated heterocycles. The van der Waals surface area contributed by atoms with E-state index in [1.807, 2.05) is 24.3 Å². The van der Waals surface area contributed by atoms with Gasteiger partial charge in [-0.2, -0.15) is 0 Å². The first-order valence-corrected chi connectivity index (χ1v) is 18.7. The van der Waals surface area contributed by atoms with Crippen molar-refractivity contribution in [3.05, 3.63) is 94.1 Å². The van der Waals surface area contributed by atoms with Crippen molar-refractivity contribution in [1.82, 2.24) is 0 Å². The van der Waals surface area contributed by atoms with Crippen molar-refractivity contribution in [3.63, 3.8) is 0 Å². The highest BCUT2D eigenvalue weighted by Gasteiger charge is 2.10. The molecule has 47 heavy (non-hydrogen) atoms. The van der Waals surface area contributed by atoms with Crippen LogP contribution in [0.15, 0.2) is 88.6 Å². The van der Waals surface area contributed by atoms with Crippen LogP contribution in [0.5, 0.6) is 11.5 Å². The molecule has 0 amide bonds. The minimum absolute atomic E-state index is 0.223. The third-order valence-electron chi connectivity index (χ3n) is 9.62. The van der Waals surface area contributed by atoms with Gasteiger partial charge in [-0.1, -0.05) is 129 Å². The van der Waals surface area contributed by atoms with Crippen molar-refractivity contribution >= 4 is 10.8 Å². The van der Waals surface area contributed by atoms with Gasteiger partial charge in [0, 0.05) is 16.3 Å². The Bertz CT molecular complexity index is 1360. The molecule has 0 aromatic heterocycles. The van der Waals surface area contributed by atoms with Gasteiger partial charge in [-0.05, 0) is 123 Å². The maximum absolute atomic E-state index is 10.7. The van der Waals surface area contributed by atoms with Gasteiger partial charge in [0.25, 0.3) is 0 Å². The minimum atomic E-state index is 0.223. The Balaban J connectivity index is 1.62. The number of phenolic OH excluding ortho intramolecular Hbond substituents is 2. The first kappa shape index (κ1) is 40.2. The van der Waals surface area contributed by atoms with Crippen LogP contribution in [0.2, 0.25) is 0 Å². The van der Waals surface area contributed by atoms with E-state index >= 15 is 0 Å². The fraction of sp³-hybridized carbons (Fsp3) is 0.556. The molecule has 0 unspecified atom stereocenters. The van der Waals surface area contributed by atoms with Gasteiger partial charge in [-0.15, -0.1) is 0 Å². The lowest BCUT2D eigenvalue weighted by Crippen LogP contribution is -1.97. The average Bonchev–Trinajstić information content (AvgIpc) is 3.02. The number of hydrogen-bond donors (Lipinski definition) is 2. The van der Waals surface area contributed by atoms with Gasteiger partial charge < -0.3 is 10.2 Å². The Hall–Kier alpha value is -3.00. The van der Waals surface area contributed by atoms with Gasteiger partial charge in [0.1, 0.15) is 11.5 Å². The lowest BCUT2D eigenvalue weighted by molar-refractivity contribution is 0.427. The highest BCUT2D eigenvalue weighted by atomic mass is 16.3. The molecule has 2 nitrogen and oxygen atoms in total. The fourth-order valence-corrected chi connectivity index (χ4v) is 6.28. The molecule has 0 heterocycles. The van der Waals surface area contributed by atoms with Crippen molar-refractivity contribution in [2.75, 3.05) is 0 Å². The molecule has 0 spiro atoms. The lowest BCUT2D eigenvalue weighted by Gasteiger charge is -2.12. The molecule has 0 fully saturated rings. The van der Waals surface area contributed by atoms with Crippen LogP contribution in [0.25, 0.3) is 10.8 Å². The van der Waals surface area contributed by atoms with Gasteiger partial charge >= 0.3 is 0 Å². The molecule has 0 bridgehead atoms. The highest BCUT2D eigenvalue weighted by Crippen LogP contribution is 2.35. The zero-order chi connectivity index (χ0) is 34.6. The van der Waals surface area contributed by atoms with Crippen LogP contribution in [0.4, 0.5) is 0 Å². The Kier molecular flexibility index (Phi) is 19.3. The summed E-state index contributed by atoms with van der Waals surface area (Å²) in [5.74, 6) is 2.20. The maximum Gasteiger partial charge on any atom is 0.127 e. The minimum Gasteiger partial charge on any atom is -0.507 e. The van der Waals surface area contributed by atoms with Crippen molar-refractivity contribution in [2.45, 2.75) is 152 Å². The van der Waals surface area contributed by atoms with E-state index < -0.39 is 0 Å². The zero-order valence-electron chi connectivity index (χ0n) is 31.4. The van der Waals surface area contributed by atoms with Crippen LogP contribution >= 0.6 is 0 Å². The standard InChI is InChI=1S/C45H68O2/c1-34(2)17-11-18-35(3)19-12-20-36(4)21-13-22-37(5)23-14-24-38(6)25-15-26-39(7)27-16-28-40(8)31-32-41-33-44(46)42-29-9-10-30-43(42)45(41)47/h9-10,21,23,25,27,29-31,33-35,46-47H,11-20,22,24,26,28,32H2,1-8H3/b36-21+,37-23-,38-25-,39-27+,40-31-/t35-/m1/s1. The Morgan fingerprint density at radius 1 is 0.574 bits per heavy atom. The molecule has 0 radical (unpaired) electrons. The van der Waals surface area contributed by atoms with Crippen LogP contribution in [0.1, 0.15) is 151 Å². The van der Waals surface area contributed by atoms with E-state index in [1.165, 1.54) is 73.7 Å². The predicted molar refractivity (Wildman–Crippen MR) is 208 cm³/mol. The normalized spacial score (nSPS) is 14.4. The van der Waals surface area contributed by atoms with Crippen LogP contribution < -0.4 is 0 Å². The first-order chi connectivity index (χ1) is 22.5. The molecule has 0 aliphatic heterocycles. The SMILES string of the molecule is C/C(=C/CC/C(C)=C/CC/C(C)=C\Cc1cc(O)c2ccccc2c1O)CC/C=C(/C)CC/C=C(\C)CCC[C@H](C)CCCC(C)C. The van der Waals surface area contributed by atoms with Gasteiger partial charge in [0.05, 0.1) is 0 Å². The van der Waals surface area contributed by atoms with Crippen molar-refractivity contribution in [1.29, 1.82) is 0 Å². The van der Waals surface area contributed by atoms with Crippen LogP contribution in [0, 0.1) is 11.8 Å². The van der Waals surface area contributed by atoms with Gasteiger partial charge in [-0.3, -0.25) is 0 Å².